The van der Waals surface area contributed by atoms with Gasteiger partial charge in [-0.15, -0.1) is 0 Å². The van der Waals surface area contributed by atoms with Crippen LogP contribution in [0.3, 0.4) is 0 Å². The molecule has 0 aliphatic heterocycles. The average molecular weight is 245 g/mol. The highest BCUT2D eigenvalue weighted by molar-refractivity contribution is 5.62. The highest BCUT2D eigenvalue weighted by Crippen LogP contribution is 2.23. The van der Waals surface area contributed by atoms with Crippen molar-refractivity contribution in [2.24, 2.45) is 0 Å². The van der Waals surface area contributed by atoms with Gasteiger partial charge in [-0.05, 0) is 30.5 Å². The van der Waals surface area contributed by atoms with Crippen molar-refractivity contribution in [2.75, 3.05) is 6.61 Å². The maximum absolute atomic E-state index is 8.89. The van der Waals surface area contributed by atoms with Crippen molar-refractivity contribution in [1.29, 1.82) is 0 Å². The molecule has 0 fully saturated rings. The first kappa shape index (κ1) is 12.8. The molecule has 0 unspecified atom stereocenters. The lowest BCUT2D eigenvalue weighted by atomic mass is 10.0. The number of aliphatic hydroxyl groups is 1. The van der Waals surface area contributed by atoms with E-state index in [1.165, 1.54) is 0 Å². The molecule has 2 aromatic rings. The van der Waals surface area contributed by atoms with Gasteiger partial charge in [-0.2, -0.15) is 5.10 Å². The van der Waals surface area contributed by atoms with Crippen molar-refractivity contribution in [2.45, 2.75) is 33.2 Å². The molecule has 96 valence electrons. The Labute approximate surface area is 107 Å². The number of hydrogen-bond acceptors (Lipinski definition) is 3. The second-order valence-corrected chi connectivity index (χ2v) is 4.79. The summed E-state index contributed by atoms with van der Waals surface area (Å²) in [5, 5.41) is 13.1. The van der Waals surface area contributed by atoms with Crippen LogP contribution in [0.4, 0.5) is 0 Å². The Balaban J connectivity index is 2.36. The molecule has 0 bridgehead atoms. The molecule has 1 N–H and O–H groups in total. The third-order valence-corrected chi connectivity index (χ3v) is 2.86. The maximum atomic E-state index is 8.89. The highest BCUT2D eigenvalue weighted by atomic mass is 16.3. The van der Waals surface area contributed by atoms with Crippen LogP contribution in [-0.4, -0.2) is 26.5 Å². The Morgan fingerprint density at radius 2 is 2.06 bits per heavy atom. The standard InChI is InChI=1S/C14H19N3O/c1-10(2)14-7-12(6-11(3)16-14)13-8-15-17(9-13)4-5-18/h6-10,18H,4-5H2,1-3H3. The summed E-state index contributed by atoms with van der Waals surface area (Å²) < 4.78 is 1.75. The Bertz CT molecular complexity index is 532. The van der Waals surface area contributed by atoms with Crippen molar-refractivity contribution in [1.82, 2.24) is 14.8 Å². The van der Waals surface area contributed by atoms with Gasteiger partial charge in [-0.1, -0.05) is 13.8 Å². The van der Waals surface area contributed by atoms with Crippen molar-refractivity contribution in [3.8, 4) is 11.1 Å². The average Bonchev–Trinajstić information content (AvgIpc) is 2.77. The van der Waals surface area contributed by atoms with Gasteiger partial charge in [0, 0.05) is 23.1 Å². The van der Waals surface area contributed by atoms with Crippen LogP contribution < -0.4 is 0 Å². The Kier molecular flexibility index (Phi) is 3.77. The summed E-state index contributed by atoms with van der Waals surface area (Å²) in [5.74, 6) is 0.413. The second kappa shape index (κ2) is 5.31. The first-order valence-electron chi connectivity index (χ1n) is 6.22. The topological polar surface area (TPSA) is 50.9 Å². The third kappa shape index (κ3) is 2.76. The van der Waals surface area contributed by atoms with E-state index in [1.54, 1.807) is 4.68 Å². The first-order valence-corrected chi connectivity index (χ1v) is 6.22. The fourth-order valence-electron chi connectivity index (χ4n) is 1.89. The smallest absolute Gasteiger partial charge is 0.0641 e. The minimum Gasteiger partial charge on any atom is -0.394 e. The largest absolute Gasteiger partial charge is 0.394 e. The first-order chi connectivity index (χ1) is 8.60. The molecular weight excluding hydrogens is 226 g/mol. The molecule has 18 heavy (non-hydrogen) atoms. The molecule has 0 saturated carbocycles. The fourth-order valence-corrected chi connectivity index (χ4v) is 1.89. The number of hydrogen-bond donors (Lipinski definition) is 1. The van der Waals surface area contributed by atoms with E-state index in [9.17, 15) is 0 Å². The molecule has 2 heterocycles. The van der Waals surface area contributed by atoms with Gasteiger partial charge in [0.05, 0.1) is 19.3 Å². The Morgan fingerprint density at radius 1 is 1.28 bits per heavy atom. The molecule has 4 heteroatoms. The summed E-state index contributed by atoms with van der Waals surface area (Å²) in [4.78, 5) is 4.53. The number of nitrogens with zero attached hydrogens (tertiary/aromatic N) is 3. The quantitative estimate of drug-likeness (QED) is 0.899. The summed E-state index contributed by atoms with van der Waals surface area (Å²) in [5.41, 5.74) is 4.32. The lowest BCUT2D eigenvalue weighted by molar-refractivity contribution is 0.269. The van der Waals surface area contributed by atoms with E-state index >= 15 is 0 Å². The maximum Gasteiger partial charge on any atom is 0.0641 e. The van der Waals surface area contributed by atoms with Gasteiger partial charge in [0.1, 0.15) is 0 Å². The van der Waals surface area contributed by atoms with Crippen LogP contribution in [0.2, 0.25) is 0 Å². The van der Waals surface area contributed by atoms with E-state index in [0.717, 1.165) is 22.5 Å². The highest BCUT2D eigenvalue weighted by Gasteiger charge is 2.07. The zero-order valence-electron chi connectivity index (χ0n) is 11.1. The van der Waals surface area contributed by atoms with Gasteiger partial charge >= 0.3 is 0 Å². The van der Waals surface area contributed by atoms with E-state index < -0.39 is 0 Å². The predicted molar refractivity (Wildman–Crippen MR) is 71.4 cm³/mol. The third-order valence-electron chi connectivity index (χ3n) is 2.86. The SMILES string of the molecule is Cc1cc(-c2cnn(CCO)c2)cc(C(C)C)n1. The molecular formula is C14H19N3O. The molecule has 0 amide bonds. The van der Waals surface area contributed by atoms with Gasteiger partial charge < -0.3 is 5.11 Å². The van der Waals surface area contributed by atoms with Crippen LogP contribution in [0.15, 0.2) is 24.5 Å². The fraction of sp³-hybridized carbons (Fsp3) is 0.429. The van der Waals surface area contributed by atoms with E-state index in [0.29, 0.717) is 12.5 Å². The molecule has 0 aromatic carbocycles. The molecule has 0 aliphatic rings. The molecule has 2 rings (SSSR count). The van der Waals surface area contributed by atoms with Crippen LogP contribution in [0.1, 0.15) is 31.2 Å². The van der Waals surface area contributed by atoms with E-state index in [-0.39, 0.29) is 6.61 Å². The second-order valence-electron chi connectivity index (χ2n) is 4.79. The van der Waals surface area contributed by atoms with Crippen molar-refractivity contribution >= 4 is 0 Å². The summed E-state index contributed by atoms with van der Waals surface area (Å²) in [7, 11) is 0. The van der Waals surface area contributed by atoms with Crippen molar-refractivity contribution in [3.63, 3.8) is 0 Å². The van der Waals surface area contributed by atoms with Gasteiger partial charge in [0.25, 0.3) is 0 Å². The normalized spacial score (nSPS) is 11.2. The van der Waals surface area contributed by atoms with Crippen LogP contribution in [0, 0.1) is 6.92 Å². The minimum absolute atomic E-state index is 0.105. The van der Waals surface area contributed by atoms with Crippen LogP contribution in [0.25, 0.3) is 11.1 Å². The molecule has 0 aliphatic carbocycles. The summed E-state index contributed by atoms with van der Waals surface area (Å²) in [6, 6.07) is 4.17. The molecule has 2 aromatic heterocycles. The minimum atomic E-state index is 0.105. The summed E-state index contributed by atoms with van der Waals surface area (Å²) in [6.07, 6.45) is 3.78. The number of pyridine rings is 1. The molecule has 0 spiro atoms. The van der Waals surface area contributed by atoms with Crippen LogP contribution in [-0.2, 0) is 6.54 Å². The lowest BCUT2D eigenvalue weighted by Crippen LogP contribution is -2.01. The summed E-state index contributed by atoms with van der Waals surface area (Å²) in [6.45, 7) is 6.92. The van der Waals surface area contributed by atoms with Gasteiger partial charge in [0.2, 0.25) is 0 Å². The molecule has 0 atom stereocenters. The number of aliphatic hydroxyl groups excluding tert-OH is 1. The van der Waals surface area contributed by atoms with E-state index in [4.69, 9.17) is 5.11 Å². The van der Waals surface area contributed by atoms with Crippen LogP contribution in [0.5, 0.6) is 0 Å². The molecule has 0 saturated heterocycles. The van der Waals surface area contributed by atoms with Gasteiger partial charge in [-0.3, -0.25) is 9.67 Å². The zero-order valence-corrected chi connectivity index (χ0v) is 11.1. The van der Waals surface area contributed by atoms with Gasteiger partial charge in [0.15, 0.2) is 0 Å². The Morgan fingerprint density at radius 3 is 2.72 bits per heavy atom. The number of aryl methyl sites for hydroxylation is 1. The number of rotatable bonds is 4. The predicted octanol–water partition coefficient (Wildman–Crippen LogP) is 2.37. The zero-order chi connectivity index (χ0) is 13.1. The molecule has 4 nitrogen and oxygen atoms in total. The van der Waals surface area contributed by atoms with Crippen molar-refractivity contribution in [3.05, 3.63) is 35.9 Å². The van der Waals surface area contributed by atoms with Crippen LogP contribution >= 0.6 is 0 Å². The monoisotopic (exact) mass is 245 g/mol. The molecule has 0 radical (unpaired) electrons. The van der Waals surface area contributed by atoms with E-state index in [1.807, 2.05) is 19.3 Å². The summed E-state index contributed by atoms with van der Waals surface area (Å²) >= 11 is 0. The van der Waals surface area contributed by atoms with Crippen molar-refractivity contribution < 1.29 is 5.11 Å². The number of aromatic nitrogens is 3. The van der Waals surface area contributed by atoms with E-state index in [2.05, 4.69) is 36.1 Å². The van der Waals surface area contributed by atoms with Gasteiger partial charge in [-0.25, -0.2) is 0 Å². The Hall–Kier alpha value is -1.68. The lowest BCUT2D eigenvalue weighted by Gasteiger charge is -2.08.